The molecule has 5 heteroatoms. The molecule has 1 fully saturated rings. The molecule has 4 nitrogen and oxygen atoms in total. The van der Waals surface area contributed by atoms with Crippen molar-refractivity contribution in [2.24, 2.45) is 5.92 Å². The number of aromatic nitrogens is 1. The van der Waals surface area contributed by atoms with Crippen molar-refractivity contribution in [3.05, 3.63) is 96.3 Å². The van der Waals surface area contributed by atoms with Crippen LogP contribution in [0.4, 0.5) is 0 Å². The third-order valence-electron chi connectivity index (χ3n) is 5.96. The Balaban J connectivity index is 1.40. The van der Waals surface area contributed by atoms with Crippen LogP contribution in [-0.2, 0) is 16.4 Å². The van der Waals surface area contributed by atoms with Gasteiger partial charge in [-0.15, -0.1) is 0 Å². The van der Waals surface area contributed by atoms with Crippen molar-refractivity contribution in [2.75, 3.05) is 13.1 Å². The molecular formula is C25H28N2O2S. The number of rotatable bonds is 6. The summed E-state index contributed by atoms with van der Waals surface area (Å²) in [5.41, 5.74) is 4.18. The van der Waals surface area contributed by atoms with Crippen LogP contribution in [0.1, 0.15) is 29.5 Å². The largest absolute Gasteiger partial charge is 0.371 e. The second-order valence-corrected chi connectivity index (χ2v) is 9.96. The van der Waals surface area contributed by atoms with E-state index in [0.29, 0.717) is 10.8 Å². The number of aryl methyl sites for hydroxylation is 1. The molecule has 30 heavy (non-hydrogen) atoms. The Hall–Kier alpha value is -2.79. The summed E-state index contributed by atoms with van der Waals surface area (Å²) in [4.78, 5) is 2.57. The van der Waals surface area contributed by atoms with Crippen LogP contribution in [-0.4, -0.2) is 30.4 Å². The zero-order chi connectivity index (χ0) is 21.1. The lowest BCUT2D eigenvalue weighted by Crippen LogP contribution is -2.32. The summed E-state index contributed by atoms with van der Waals surface area (Å²) in [7, 11) is -3.59. The first-order chi connectivity index (χ1) is 14.4. The Labute approximate surface area is 179 Å². The highest BCUT2D eigenvalue weighted by Gasteiger charge is 2.23. The van der Waals surface area contributed by atoms with Crippen molar-refractivity contribution < 1.29 is 8.42 Å². The molecule has 0 saturated carbocycles. The van der Waals surface area contributed by atoms with Gasteiger partial charge in [0.05, 0.1) is 4.90 Å². The van der Waals surface area contributed by atoms with Crippen LogP contribution in [0.2, 0.25) is 0 Å². The van der Waals surface area contributed by atoms with E-state index in [-0.39, 0.29) is 0 Å². The van der Waals surface area contributed by atoms with Gasteiger partial charge in [0, 0.05) is 36.7 Å². The van der Waals surface area contributed by atoms with E-state index >= 15 is 0 Å². The highest BCUT2D eigenvalue weighted by molar-refractivity contribution is 7.90. The fraction of sp³-hybridized carbons (Fsp3) is 0.280. The highest BCUT2D eigenvalue weighted by Crippen LogP contribution is 2.28. The van der Waals surface area contributed by atoms with Crippen molar-refractivity contribution in [1.29, 1.82) is 0 Å². The van der Waals surface area contributed by atoms with Crippen LogP contribution >= 0.6 is 0 Å². The molecule has 0 amide bonds. The van der Waals surface area contributed by atoms with Crippen LogP contribution in [0.25, 0.3) is 5.70 Å². The van der Waals surface area contributed by atoms with Crippen molar-refractivity contribution in [1.82, 2.24) is 8.87 Å². The van der Waals surface area contributed by atoms with Crippen molar-refractivity contribution in [3.8, 4) is 0 Å². The van der Waals surface area contributed by atoms with Gasteiger partial charge >= 0.3 is 0 Å². The van der Waals surface area contributed by atoms with Crippen LogP contribution < -0.4 is 0 Å². The maximum atomic E-state index is 12.9. The maximum absolute atomic E-state index is 12.9. The minimum atomic E-state index is -3.59. The predicted molar refractivity (Wildman–Crippen MR) is 122 cm³/mol. The summed E-state index contributed by atoms with van der Waals surface area (Å²) in [5, 5.41) is 0. The third-order valence-corrected chi connectivity index (χ3v) is 7.61. The summed E-state index contributed by atoms with van der Waals surface area (Å²) >= 11 is 0. The Morgan fingerprint density at radius 3 is 2.33 bits per heavy atom. The van der Waals surface area contributed by atoms with Crippen molar-refractivity contribution >= 4 is 15.7 Å². The average Bonchev–Trinajstić information content (AvgIpc) is 3.26. The van der Waals surface area contributed by atoms with Gasteiger partial charge in [0.15, 0.2) is 0 Å². The summed E-state index contributed by atoms with van der Waals surface area (Å²) in [6, 6.07) is 19.4. The molecule has 2 aromatic carbocycles. The molecule has 0 spiro atoms. The second-order valence-electron chi connectivity index (χ2n) is 8.12. The molecule has 0 atom stereocenters. The van der Waals surface area contributed by atoms with E-state index in [4.69, 9.17) is 0 Å². The number of likely N-dealkylation sites (tertiary alicyclic amines) is 1. The Morgan fingerprint density at radius 2 is 1.67 bits per heavy atom. The topological polar surface area (TPSA) is 42.3 Å². The van der Waals surface area contributed by atoms with E-state index in [2.05, 4.69) is 41.8 Å². The van der Waals surface area contributed by atoms with Crippen molar-refractivity contribution in [3.63, 3.8) is 0 Å². The zero-order valence-electron chi connectivity index (χ0n) is 17.4. The SMILES string of the molecule is C=C(c1ccn(S(=O)(=O)c2ccc(C)cc2)c1)N1CCC(Cc2ccccc2)CC1. The number of hydrogen-bond acceptors (Lipinski definition) is 3. The average molecular weight is 421 g/mol. The van der Waals surface area contributed by atoms with Gasteiger partial charge in [-0.1, -0.05) is 54.6 Å². The molecule has 3 aromatic rings. The number of benzene rings is 2. The molecule has 0 radical (unpaired) electrons. The molecule has 2 heterocycles. The zero-order valence-corrected chi connectivity index (χ0v) is 18.2. The summed E-state index contributed by atoms with van der Waals surface area (Å²) in [6.45, 7) is 8.10. The van der Waals surface area contributed by atoms with Crippen molar-refractivity contribution in [2.45, 2.75) is 31.1 Å². The third kappa shape index (κ3) is 4.36. The van der Waals surface area contributed by atoms with E-state index in [1.807, 2.05) is 25.1 Å². The van der Waals surface area contributed by atoms with Crippen LogP contribution in [0.5, 0.6) is 0 Å². The standard InChI is InChI=1S/C25H28N2O2S/c1-20-8-10-25(11-9-20)30(28,29)27-17-14-24(19-27)21(2)26-15-12-23(13-16-26)18-22-6-4-3-5-7-22/h3-11,14,17,19,23H,2,12-13,15-16,18H2,1H3. The smallest absolute Gasteiger partial charge is 0.267 e. The Kier molecular flexibility index (Phi) is 5.82. The summed E-state index contributed by atoms with van der Waals surface area (Å²) in [6.07, 6.45) is 6.64. The molecular weight excluding hydrogens is 392 g/mol. The van der Waals surface area contributed by atoms with Gasteiger partial charge in [-0.05, 0) is 55.9 Å². The fourth-order valence-corrected chi connectivity index (χ4v) is 5.26. The summed E-state index contributed by atoms with van der Waals surface area (Å²) in [5.74, 6) is 0.683. The van der Waals surface area contributed by atoms with Gasteiger partial charge < -0.3 is 4.90 Å². The lowest BCUT2D eigenvalue weighted by molar-refractivity contribution is 0.254. The van der Waals surface area contributed by atoms with Gasteiger partial charge in [-0.3, -0.25) is 0 Å². The quantitative estimate of drug-likeness (QED) is 0.566. The first kappa shape index (κ1) is 20.5. The van der Waals surface area contributed by atoms with E-state index in [0.717, 1.165) is 49.2 Å². The number of hydrogen-bond donors (Lipinski definition) is 0. The van der Waals surface area contributed by atoms with Gasteiger partial charge in [0.1, 0.15) is 0 Å². The molecule has 1 saturated heterocycles. The molecule has 0 unspecified atom stereocenters. The molecule has 1 aromatic heterocycles. The number of nitrogens with zero attached hydrogens (tertiary/aromatic N) is 2. The molecule has 156 valence electrons. The van der Waals surface area contributed by atoms with Crippen LogP contribution in [0, 0.1) is 12.8 Å². The second kappa shape index (κ2) is 8.52. The molecule has 0 bridgehead atoms. The molecule has 0 aliphatic carbocycles. The van der Waals surface area contributed by atoms with Gasteiger partial charge in [0.2, 0.25) is 0 Å². The lowest BCUT2D eigenvalue weighted by Gasteiger charge is -2.34. The Morgan fingerprint density at radius 1 is 1.00 bits per heavy atom. The first-order valence-corrected chi connectivity index (χ1v) is 11.9. The Bertz CT molecular complexity index is 1110. The molecule has 1 aliphatic heterocycles. The molecule has 0 N–H and O–H groups in total. The van der Waals surface area contributed by atoms with E-state index in [1.54, 1.807) is 24.5 Å². The fourth-order valence-electron chi connectivity index (χ4n) is 4.07. The predicted octanol–water partition coefficient (Wildman–Crippen LogP) is 4.96. The minimum Gasteiger partial charge on any atom is -0.371 e. The van der Waals surface area contributed by atoms with E-state index in [9.17, 15) is 8.42 Å². The van der Waals surface area contributed by atoms with E-state index < -0.39 is 10.0 Å². The minimum absolute atomic E-state index is 0.294. The van der Waals surface area contributed by atoms with Crippen LogP contribution in [0.3, 0.4) is 0 Å². The lowest BCUT2D eigenvalue weighted by atomic mass is 9.90. The van der Waals surface area contributed by atoms with Gasteiger partial charge in [-0.25, -0.2) is 12.4 Å². The molecule has 4 rings (SSSR count). The first-order valence-electron chi connectivity index (χ1n) is 10.4. The monoisotopic (exact) mass is 420 g/mol. The highest BCUT2D eigenvalue weighted by atomic mass is 32.2. The van der Waals surface area contributed by atoms with Gasteiger partial charge in [-0.2, -0.15) is 0 Å². The normalized spacial score (nSPS) is 15.3. The van der Waals surface area contributed by atoms with Gasteiger partial charge in [0.25, 0.3) is 10.0 Å². The number of piperidine rings is 1. The maximum Gasteiger partial charge on any atom is 0.267 e. The summed E-state index contributed by atoms with van der Waals surface area (Å²) < 4.78 is 27.1. The molecule has 1 aliphatic rings. The van der Waals surface area contributed by atoms with E-state index in [1.165, 1.54) is 9.54 Å². The van der Waals surface area contributed by atoms with Crippen LogP contribution in [0.15, 0.2) is 84.5 Å².